The number of rotatable bonds is 10. The largest absolute Gasteiger partial charge is 0.508 e. The quantitative estimate of drug-likeness (QED) is 0.121. The molecule has 6 rings (SSSR count). The van der Waals surface area contributed by atoms with Gasteiger partial charge in [-0.2, -0.15) is 0 Å². The summed E-state index contributed by atoms with van der Waals surface area (Å²) in [5.41, 5.74) is 10.3. The Kier molecular flexibility index (Phi) is 18.1. The van der Waals surface area contributed by atoms with Gasteiger partial charge in [0.2, 0.25) is 5.75 Å². The molecule has 0 amide bonds. The number of ether oxygens (including phenoxy) is 4. The molecule has 320 valence electrons. The fourth-order valence-corrected chi connectivity index (χ4v) is 7.37. The van der Waals surface area contributed by atoms with Crippen LogP contribution in [0.25, 0.3) is 22.3 Å². The number of hydrogen-bond donors (Lipinski definition) is 3. The monoisotopic (exact) mass is 807 g/mol. The average Bonchev–Trinajstić information content (AvgIpc) is 3.21. The number of methoxy groups -OCH3 is 3. The van der Waals surface area contributed by atoms with Gasteiger partial charge in [-0.05, 0) is 162 Å². The fourth-order valence-electron chi connectivity index (χ4n) is 7.37. The molecule has 0 heterocycles. The number of phenols is 3. The molecule has 0 unspecified atom stereocenters. The first-order valence-electron chi connectivity index (χ1n) is 20.6. The van der Waals surface area contributed by atoms with Crippen molar-refractivity contribution in [1.82, 2.24) is 0 Å². The van der Waals surface area contributed by atoms with Crippen LogP contribution in [0.4, 0.5) is 0 Å². The van der Waals surface area contributed by atoms with Gasteiger partial charge in [-0.25, -0.2) is 0 Å². The van der Waals surface area contributed by atoms with Gasteiger partial charge in [-0.1, -0.05) is 86.2 Å². The lowest BCUT2D eigenvalue weighted by molar-refractivity contribution is 0.129. The number of benzene rings is 5. The van der Waals surface area contributed by atoms with Gasteiger partial charge < -0.3 is 34.3 Å². The molecule has 5 aromatic carbocycles. The van der Waals surface area contributed by atoms with Crippen LogP contribution in [-0.2, 0) is 0 Å². The zero-order valence-electron chi connectivity index (χ0n) is 36.8. The molecule has 59 heavy (non-hydrogen) atoms. The Morgan fingerprint density at radius 2 is 0.983 bits per heavy atom. The van der Waals surface area contributed by atoms with Gasteiger partial charge in [0, 0.05) is 5.56 Å². The molecular weight excluding hydrogens is 737 g/mol. The fraction of sp³-hybridized carbons (Fsp3) is 0.423. The third kappa shape index (κ3) is 12.6. The second-order valence-corrected chi connectivity index (χ2v) is 16.4. The Morgan fingerprint density at radius 1 is 0.525 bits per heavy atom. The van der Waals surface area contributed by atoms with Crippen molar-refractivity contribution in [2.75, 3.05) is 21.3 Å². The maximum Gasteiger partial charge on any atom is 0.200 e. The molecule has 0 saturated heterocycles. The van der Waals surface area contributed by atoms with Gasteiger partial charge in [0.15, 0.2) is 11.5 Å². The van der Waals surface area contributed by atoms with E-state index in [9.17, 15) is 15.3 Å². The molecular formula is C52H70O7. The predicted molar refractivity (Wildman–Crippen MR) is 245 cm³/mol. The van der Waals surface area contributed by atoms with Crippen molar-refractivity contribution in [3.63, 3.8) is 0 Å². The minimum atomic E-state index is -0.121. The maximum absolute atomic E-state index is 10.0. The summed E-state index contributed by atoms with van der Waals surface area (Å²) in [5, 5.41) is 29.3. The van der Waals surface area contributed by atoms with E-state index in [0.29, 0.717) is 23.3 Å². The van der Waals surface area contributed by atoms with E-state index in [2.05, 4.69) is 91.8 Å². The van der Waals surface area contributed by atoms with Crippen molar-refractivity contribution < 1.29 is 34.3 Å². The summed E-state index contributed by atoms with van der Waals surface area (Å²) in [5.74, 6) is 5.16. The lowest BCUT2D eigenvalue weighted by atomic mass is 9.89. The molecule has 0 radical (unpaired) electrons. The van der Waals surface area contributed by atoms with Gasteiger partial charge in [-0.3, -0.25) is 0 Å². The number of aryl methyl sites for hydroxylation is 2. The smallest absolute Gasteiger partial charge is 0.200 e. The highest BCUT2D eigenvalue weighted by Gasteiger charge is 2.24. The van der Waals surface area contributed by atoms with Gasteiger partial charge >= 0.3 is 0 Å². The van der Waals surface area contributed by atoms with Gasteiger partial charge in [0.1, 0.15) is 23.0 Å². The minimum Gasteiger partial charge on any atom is -0.508 e. The highest BCUT2D eigenvalue weighted by atomic mass is 16.5. The molecule has 7 heteroatoms. The second kappa shape index (κ2) is 22.2. The third-order valence-corrected chi connectivity index (χ3v) is 11.0. The molecule has 1 saturated carbocycles. The summed E-state index contributed by atoms with van der Waals surface area (Å²) in [4.78, 5) is 0. The van der Waals surface area contributed by atoms with Crippen LogP contribution in [0.3, 0.4) is 0 Å². The SMILES string of the molecule is C.CC1CCC(Oc2c(C(C)C)ccc(O)c2O)CC1.COc1ccc(C(C)C)c(-c2ccc(O)c(C)c2)c1.COc1ccc(C(C)C)c(-c2ccc(OC)c(C)c2)c1. The lowest BCUT2D eigenvalue weighted by Crippen LogP contribution is -2.23. The molecule has 0 bridgehead atoms. The van der Waals surface area contributed by atoms with E-state index < -0.39 is 0 Å². The molecule has 3 N–H and O–H groups in total. The summed E-state index contributed by atoms with van der Waals surface area (Å²) in [7, 11) is 5.08. The van der Waals surface area contributed by atoms with E-state index in [4.69, 9.17) is 18.9 Å². The number of phenolic OH excluding ortho intramolecular Hbond substituents is 3. The maximum atomic E-state index is 10.0. The molecule has 0 spiro atoms. The van der Waals surface area contributed by atoms with Crippen LogP contribution in [0.5, 0.6) is 40.2 Å². The first kappa shape index (κ1) is 48.1. The Morgan fingerprint density at radius 3 is 1.42 bits per heavy atom. The van der Waals surface area contributed by atoms with E-state index in [1.54, 1.807) is 27.4 Å². The summed E-state index contributed by atoms with van der Waals surface area (Å²) >= 11 is 0. The van der Waals surface area contributed by atoms with Crippen molar-refractivity contribution in [2.24, 2.45) is 5.92 Å². The lowest BCUT2D eigenvalue weighted by Gasteiger charge is -2.28. The van der Waals surface area contributed by atoms with Crippen molar-refractivity contribution in [1.29, 1.82) is 0 Å². The van der Waals surface area contributed by atoms with Crippen LogP contribution >= 0.6 is 0 Å². The van der Waals surface area contributed by atoms with Crippen LogP contribution in [0, 0.1) is 19.8 Å². The first-order chi connectivity index (χ1) is 27.6. The van der Waals surface area contributed by atoms with E-state index in [0.717, 1.165) is 63.8 Å². The first-order valence-corrected chi connectivity index (χ1v) is 20.6. The van der Waals surface area contributed by atoms with E-state index >= 15 is 0 Å². The summed E-state index contributed by atoms with van der Waals surface area (Å²) < 4.78 is 22.0. The molecule has 5 aromatic rings. The Bertz CT molecular complexity index is 2090. The normalized spacial score (nSPS) is 14.7. The molecule has 1 aliphatic rings. The number of hydrogen-bond acceptors (Lipinski definition) is 7. The van der Waals surface area contributed by atoms with Gasteiger partial charge in [0.05, 0.1) is 27.4 Å². The molecule has 0 atom stereocenters. The molecule has 7 nitrogen and oxygen atoms in total. The van der Waals surface area contributed by atoms with E-state index in [-0.39, 0.29) is 30.9 Å². The Labute approximate surface area is 355 Å². The van der Waals surface area contributed by atoms with Gasteiger partial charge in [0.25, 0.3) is 0 Å². The van der Waals surface area contributed by atoms with E-state index in [1.807, 2.05) is 43.3 Å². The van der Waals surface area contributed by atoms with Crippen LogP contribution in [-0.4, -0.2) is 42.8 Å². The second-order valence-electron chi connectivity index (χ2n) is 16.4. The van der Waals surface area contributed by atoms with Crippen molar-refractivity contribution >= 4 is 0 Å². The van der Waals surface area contributed by atoms with E-state index in [1.165, 1.54) is 41.2 Å². The minimum absolute atomic E-state index is 0. The average molecular weight is 807 g/mol. The summed E-state index contributed by atoms with van der Waals surface area (Å²) in [6.07, 6.45) is 4.53. The Balaban J connectivity index is 0.000000235. The van der Waals surface area contributed by atoms with Crippen LogP contribution in [0.1, 0.15) is 127 Å². The standard InChI is InChI=1S/C18H22O2.C17H20O2.C16H24O3.CH4/c1-12(2)16-8-7-15(19-4)11-17(16)14-6-9-18(20-5)13(3)10-14;1-11(2)15-7-6-14(19-4)10-16(15)13-5-8-17(18)12(3)9-13;1-10(2)13-8-9-14(17)15(18)16(13)19-12-6-4-11(3)5-7-12;/h6-12H,1-5H3;5-11,18H,1-4H3;8-12,17-18H,4-7H2,1-3H3;1H4. The van der Waals surface area contributed by atoms with Gasteiger partial charge in [-0.15, -0.1) is 0 Å². The zero-order valence-corrected chi connectivity index (χ0v) is 36.8. The number of aromatic hydroxyl groups is 3. The topological polar surface area (TPSA) is 97.6 Å². The molecule has 1 aliphatic carbocycles. The zero-order chi connectivity index (χ0) is 42.7. The third-order valence-electron chi connectivity index (χ3n) is 11.0. The summed E-state index contributed by atoms with van der Waals surface area (Å²) in [6.45, 7) is 19.1. The van der Waals surface area contributed by atoms with Crippen LogP contribution < -0.4 is 18.9 Å². The van der Waals surface area contributed by atoms with Crippen LogP contribution in [0.15, 0.2) is 84.9 Å². The van der Waals surface area contributed by atoms with Crippen molar-refractivity contribution in [3.05, 3.63) is 113 Å². The molecule has 0 aromatic heterocycles. The Hall–Kier alpha value is -5.30. The summed E-state index contributed by atoms with van der Waals surface area (Å²) in [6, 6.07) is 27.8. The van der Waals surface area contributed by atoms with Crippen molar-refractivity contribution in [2.45, 2.75) is 119 Å². The predicted octanol–water partition coefficient (Wildman–Crippen LogP) is 14.1. The highest BCUT2D eigenvalue weighted by Crippen LogP contribution is 2.43. The molecule has 1 fully saturated rings. The van der Waals surface area contributed by atoms with Crippen LogP contribution in [0.2, 0.25) is 0 Å². The van der Waals surface area contributed by atoms with Crippen molar-refractivity contribution in [3.8, 4) is 62.5 Å². The highest BCUT2D eigenvalue weighted by molar-refractivity contribution is 5.72. The molecule has 0 aliphatic heterocycles.